The van der Waals surface area contributed by atoms with Crippen LogP contribution in [-0.4, -0.2) is 37.4 Å². The van der Waals surface area contributed by atoms with Crippen LogP contribution in [0, 0.1) is 0 Å². The van der Waals surface area contributed by atoms with Crippen LogP contribution >= 0.6 is 11.6 Å². The molecule has 0 aromatic heterocycles. The van der Waals surface area contributed by atoms with Gasteiger partial charge >= 0.3 is 0 Å². The molecule has 1 aliphatic heterocycles. The average Bonchev–Trinajstić information content (AvgIpc) is 2.79. The van der Waals surface area contributed by atoms with Crippen molar-refractivity contribution in [3.63, 3.8) is 0 Å². The molecule has 0 spiro atoms. The minimum absolute atomic E-state index is 0.00922. The van der Waals surface area contributed by atoms with Gasteiger partial charge in [-0.1, -0.05) is 0 Å². The topological polar surface area (TPSA) is 58.6 Å². The molecule has 0 unspecified atom stereocenters. The van der Waals surface area contributed by atoms with E-state index < -0.39 is 0 Å². The summed E-state index contributed by atoms with van der Waals surface area (Å²) in [6.07, 6.45) is 0.300. The van der Waals surface area contributed by atoms with E-state index in [1.807, 2.05) is 12.1 Å². The van der Waals surface area contributed by atoms with Crippen LogP contribution in [0.5, 0.6) is 5.75 Å². The number of nitrogens with one attached hydrogen (secondary N) is 1. The van der Waals surface area contributed by atoms with Crippen molar-refractivity contribution in [1.29, 1.82) is 0 Å². The van der Waals surface area contributed by atoms with E-state index >= 15 is 0 Å². The Balaban J connectivity index is 2.04. The molecule has 1 aromatic carbocycles. The molecule has 1 aliphatic rings. The number of amides is 2. The second kappa shape index (κ2) is 5.93. The Morgan fingerprint density at radius 3 is 2.74 bits per heavy atom. The van der Waals surface area contributed by atoms with E-state index in [2.05, 4.69) is 5.32 Å². The lowest BCUT2D eigenvalue weighted by Gasteiger charge is -2.17. The Hall–Kier alpha value is -1.75. The number of rotatable bonds is 4. The lowest BCUT2D eigenvalue weighted by atomic mass is 10.2. The zero-order valence-corrected chi connectivity index (χ0v) is 11.3. The van der Waals surface area contributed by atoms with Crippen molar-refractivity contribution in [3.8, 4) is 5.75 Å². The fourth-order valence-electron chi connectivity index (χ4n) is 2.08. The van der Waals surface area contributed by atoms with Gasteiger partial charge in [-0.15, -0.1) is 11.6 Å². The minimum Gasteiger partial charge on any atom is -0.497 e. The Bertz CT molecular complexity index is 475. The van der Waals surface area contributed by atoms with Gasteiger partial charge in [0.2, 0.25) is 11.8 Å². The molecular formula is C13H15ClN2O3. The maximum atomic E-state index is 11.9. The molecule has 1 heterocycles. The molecule has 1 saturated heterocycles. The number of hydrogen-bond donors (Lipinski definition) is 1. The molecule has 1 atom stereocenters. The monoisotopic (exact) mass is 282 g/mol. The fraction of sp³-hybridized carbons (Fsp3) is 0.385. The molecule has 1 N–H and O–H groups in total. The smallest absolute Gasteiger partial charge is 0.235 e. The summed E-state index contributed by atoms with van der Waals surface area (Å²) in [6, 6.07) is 7.06. The van der Waals surface area contributed by atoms with E-state index in [9.17, 15) is 9.59 Å². The van der Waals surface area contributed by atoms with Crippen LogP contribution in [0.1, 0.15) is 6.42 Å². The number of benzene rings is 1. The SMILES string of the molecule is COc1ccc(N2C[C@H](NC(=O)CCl)CC2=O)cc1. The number of hydrogen-bond acceptors (Lipinski definition) is 3. The van der Waals surface area contributed by atoms with Crippen LogP contribution in [0.4, 0.5) is 5.69 Å². The van der Waals surface area contributed by atoms with Gasteiger partial charge in [-0.3, -0.25) is 9.59 Å². The van der Waals surface area contributed by atoms with Gasteiger partial charge in [-0.2, -0.15) is 0 Å². The number of methoxy groups -OCH3 is 1. The van der Waals surface area contributed by atoms with Crippen LogP contribution in [-0.2, 0) is 9.59 Å². The second-order valence-electron chi connectivity index (χ2n) is 4.30. The van der Waals surface area contributed by atoms with E-state index in [0.29, 0.717) is 13.0 Å². The molecule has 6 heteroatoms. The van der Waals surface area contributed by atoms with Crippen LogP contribution in [0.25, 0.3) is 0 Å². The summed E-state index contributed by atoms with van der Waals surface area (Å²) in [5.41, 5.74) is 0.799. The summed E-state index contributed by atoms with van der Waals surface area (Å²) in [4.78, 5) is 24.8. The number of alkyl halides is 1. The first kappa shape index (κ1) is 13.7. The quantitative estimate of drug-likeness (QED) is 0.843. The number of carbonyl (C=O) groups is 2. The number of nitrogens with zero attached hydrogens (tertiary/aromatic N) is 1. The Morgan fingerprint density at radius 1 is 1.47 bits per heavy atom. The fourth-order valence-corrected chi connectivity index (χ4v) is 2.16. The highest BCUT2D eigenvalue weighted by Crippen LogP contribution is 2.24. The molecule has 1 aromatic rings. The minimum atomic E-state index is -0.254. The van der Waals surface area contributed by atoms with Gasteiger partial charge in [0.25, 0.3) is 0 Å². The van der Waals surface area contributed by atoms with Gasteiger partial charge in [0.05, 0.1) is 13.2 Å². The number of halogens is 1. The summed E-state index contributed by atoms with van der Waals surface area (Å²) < 4.78 is 5.07. The predicted octanol–water partition coefficient (Wildman–Crippen LogP) is 1.16. The van der Waals surface area contributed by atoms with Crippen molar-refractivity contribution in [2.24, 2.45) is 0 Å². The van der Waals surface area contributed by atoms with Gasteiger partial charge in [0.15, 0.2) is 0 Å². The van der Waals surface area contributed by atoms with Gasteiger partial charge in [-0.05, 0) is 24.3 Å². The standard InChI is InChI=1S/C13H15ClN2O3/c1-19-11-4-2-10(3-5-11)16-8-9(6-13(16)18)15-12(17)7-14/h2-5,9H,6-8H2,1H3,(H,15,17)/t9-/m1/s1. The molecule has 102 valence electrons. The van der Waals surface area contributed by atoms with Crippen molar-refractivity contribution in [1.82, 2.24) is 5.32 Å². The van der Waals surface area contributed by atoms with E-state index in [1.54, 1.807) is 24.1 Å². The Kier molecular flexibility index (Phi) is 4.27. The lowest BCUT2D eigenvalue weighted by Crippen LogP contribution is -2.37. The van der Waals surface area contributed by atoms with Gasteiger partial charge in [0.1, 0.15) is 11.6 Å². The first-order valence-corrected chi connectivity index (χ1v) is 6.47. The molecule has 5 nitrogen and oxygen atoms in total. The van der Waals surface area contributed by atoms with Crippen molar-refractivity contribution in [3.05, 3.63) is 24.3 Å². The maximum Gasteiger partial charge on any atom is 0.235 e. The zero-order chi connectivity index (χ0) is 13.8. The third-order valence-electron chi connectivity index (χ3n) is 3.00. The van der Waals surface area contributed by atoms with Gasteiger partial charge in [0, 0.05) is 18.7 Å². The van der Waals surface area contributed by atoms with Crippen LogP contribution in [0.3, 0.4) is 0 Å². The summed E-state index contributed by atoms with van der Waals surface area (Å²) >= 11 is 5.43. The number of ether oxygens (including phenoxy) is 1. The zero-order valence-electron chi connectivity index (χ0n) is 10.6. The van der Waals surface area contributed by atoms with Gasteiger partial charge in [-0.25, -0.2) is 0 Å². The second-order valence-corrected chi connectivity index (χ2v) is 4.57. The Labute approximate surface area is 116 Å². The van der Waals surface area contributed by atoms with Crippen LogP contribution in [0.2, 0.25) is 0 Å². The highest BCUT2D eigenvalue weighted by atomic mass is 35.5. The van der Waals surface area contributed by atoms with Crippen molar-refractivity contribution < 1.29 is 14.3 Å². The maximum absolute atomic E-state index is 11.9. The normalized spacial score (nSPS) is 18.5. The summed E-state index contributed by atoms with van der Waals surface area (Å²) in [5.74, 6) is 0.385. The lowest BCUT2D eigenvalue weighted by molar-refractivity contribution is -0.119. The van der Waals surface area contributed by atoms with Crippen LogP contribution in [0.15, 0.2) is 24.3 Å². The molecule has 2 rings (SSSR count). The molecule has 2 amide bonds. The van der Waals surface area contributed by atoms with E-state index in [0.717, 1.165) is 11.4 Å². The third-order valence-corrected chi connectivity index (χ3v) is 3.24. The van der Waals surface area contributed by atoms with Crippen molar-refractivity contribution >= 4 is 29.1 Å². The highest BCUT2D eigenvalue weighted by molar-refractivity contribution is 6.27. The first-order chi connectivity index (χ1) is 9.13. The van der Waals surface area contributed by atoms with E-state index in [1.165, 1.54) is 0 Å². The molecule has 1 fully saturated rings. The molecule has 0 bridgehead atoms. The summed E-state index contributed by atoms with van der Waals surface area (Å²) in [6.45, 7) is 0.466. The number of anilines is 1. The molecule has 19 heavy (non-hydrogen) atoms. The predicted molar refractivity (Wildman–Crippen MR) is 72.6 cm³/mol. The van der Waals surface area contributed by atoms with Crippen molar-refractivity contribution in [2.45, 2.75) is 12.5 Å². The third kappa shape index (κ3) is 3.17. The average molecular weight is 283 g/mol. The molecule has 0 saturated carbocycles. The summed E-state index contributed by atoms with van der Waals surface area (Å²) in [7, 11) is 1.59. The number of carbonyl (C=O) groups excluding carboxylic acids is 2. The molecular weight excluding hydrogens is 268 g/mol. The summed E-state index contributed by atoms with van der Waals surface area (Å²) in [5, 5.41) is 2.72. The Morgan fingerprint density at radius 2 is 2.16 bits per heavy atom. The first-order valence-electron chi connectivity index (χ1n) is 5.93. The van der Waals surface area contributed by atoms with E-state index in [-0.39, 0.29) is 23.7 Å². The largest absolute Gasteiger partial charge is 0.497 e. The highest BCUT2D eigenvalue weighted by Gasteiger charge is 2.31. The van der Waals surface area contributed by atoms with Crippen molar-refractivity contribution in [2.75, 3.05) is 24.4 Å². The van der Waals surface area contributed by atoms with E-state index in [4.69, 9.17) is 16.3 Å². The molecule has 0 radical (unpaired) electrons. The van der Waals surface area contributed by atoms with Gasteiger partial charge < -0.3 is 15.0 Å². The molecule has 0 aliphatic carbocycles. The van der Waals surface area contributed by atoms with Crippen LogP contribution < -0.4 is 15.0 Å².